The molecular weight excluding hydrogens is 643 g/mol. The van der Waals surface area contributed by atoms with Gasteiger partial charge in [-0.15, -0.1) is 0 Å². The van der Waals surface area contributed by atoms with Crippen LogP contribution >= 0.6 is 0 Å². The maximum Gasteiger partial charge on any atom is 0.287 e. The van der Waals surface area contributed by atoms with Crippen LogP contribution < -0.4 is 5.32 Å². The summed E-state index contributed by atoms with van der Waals surface area (Å²) < 4.78 is 2.11. The van der Waals surface area contributed by atoms with Crippen molar-refractivity contribution in [1.82, 2.24) is 34.9 Å². The summed E-state index contributed by atoms with van der Waals surface area (Å²) in [6, 6.07) is 49.9. The molecule has 8 heteroatoms. The number of nitrogens with zero attached hydrogens (tertiary/aromatic N) is 5. The third kappa shape index (κ3) is 6.25. The molecule has 52 heavy (non-hydrogen) atoms. The molecule has 1 amide bonds. The predicted octanol–water partition coefficient (Wildman–Crippen LogP) is 8.04. The molecule has 0 aliphatic rings. The summed E-state index contributed by atoms with van der Waals surface area (Å²) in [5.41, 5.74) is 8.09. The fourth-order valence-corrected chi connectivity index (χ4v) is 7.31. The highest BCUT2D eigenvalue weighted by Gasteiger charge is 2.38. The lowest BCUT2D eigenvalue weighted by Gasteiger charge is -2.36. The van der Waals surface area contributed by atoms with Gasteiger partial charge in [0.25, 0.3) is 5.91 Å². The fraction of sp³-hybridized carbons (Fsp3) is 0.136. The van der Waals surface area contributed by atoms with Crippen LogP contribution in [0.25, 0.3) is 33.2 Å². The molecule has 3 heterocycles. The number of carbonyl (C=O) groups excluding carboxylic acids is 1. The van der Waals surface area contributed by atoms with E-state index in [1.54, 1.807) is 12.4 Å². The average molecular weight is 682 g/mol. The van der Waals surface area contributed by atoms with Gasteiger partial charge in [0.05, 0.1) is 34.6 Å². The lowest BCUT2D eigenvalue weighted by molar-refractivity contribution is 0.0920. The SMILES string of the molecule is CN(C)C[C@@H](NC(=O)c1nc2cc3c(-c4ccncc4)nn(CC(c4ccccc4)(c4ccccc4)c4ccccc4)c3cc2[nH]1)c1ccccc1. The van der Waals surface area contributed by atoms with Crippen LogP contribution in [0.15, 0.2) is 158 Å². The Morgan fingerprint density at radius 3 is 1.88 bits per heavy atom. The zero-order chi connectivity index (χ0) is 35.5. The molecule has 0 aliphatic heterocycles. The molecule has 256 valence electrons. The number of benzene rings is 5. The van der Waals surface area contributed by atoms with E-state index in [0.29, 0.717) is 18.6 Å². The molecule has 1 atom stereocenters. The lowest BCUT2D eigenvalue weighted by atomic mass is 9.69. The van der Waals surface area contributed by atoms with E-state index in [1.165, 1.54) is 0 Å². The summed E-state index contributed by atoms with van der Waals surface area (Å²) in [6.45, 7) is 1.17. The van der Waals surface area contributed by atoms with Crippen LogP contribution in [0, 0.1) is 0 Å². The van der Waals surface area contributed by atoms with E-state index in [-0.39, 0.29) is 17.8 Å². The number of rotatable bonds is 11. The van der Waals surface area contributed by atoms with Crippen molar-refractivity contribution in [3.05, 3.63) is 186 Å². The predicted molar refractivity (Wildman–Crippen MR) is 207 cm³/mol. The van der Waals surface area contributed by atoms with E-state index in [2.05, 4.69) is 122 Å². The number of amides is 1. The Kier molecular flexibility index (Phi) is 8.89. The van der Waals surface area contributed by atoms with E-state index in [1.807, 2.05) is 62.6 Å². The van der Waals surface area contributed by atoms with Gasteiger partial charge in [0, 0.05) is 29.9 Å². The Bertz CT molecular complexity index is 2330. The number of pyridine rings is 1. The van der Waals surface area contributed by atoms with Crippen LogP contribution in [0.4, 0.5) is 0 Å². The number of aromatic amines is 1. The molecule has 5 aromatic carbocycles. The topological polar surface area (TPSA) is 91.7 Å². The first-order valence-corrected chi connectivity index (χ1v) is 17.5. The Morgan fingerprint density at radius 1 is 0.769 bits per heavy atom. The maximum atomic E-state index is 13.8. The van der Waals surface area contributed by atoms with Crippen LogP contribution in [-0.2, 0) is 12.0 Å². The molecule has 0 saturated carbocycles. The average Bonchev–Trinajstić information content (AvgIpc) is 3.78. The standard InChI is InChI=1S/C44H39N7O/c1-50(2)29-39(31-15-7-3-8-16-31)48-43(52)42-46-37-27-36-40(28-38(37)47-42)51(49-41(36)32-23-25-45-26-24-32)30-44(33-17-9-4-10-18-33,34-19-11-5-12-20-34)35-21-13-6-14-22-35/h3-28,39H,29-30H2,1-2H3,(H,46,47)(H,48,52)/t39-/m1/s1. The summed E-state index contributed by atoms with van der Waals surface area (Å²) in [5.74, 6) is 0.00251. The van der Waals surface area contributed by atoms with Gasteiger partial charge in [-0.1, -0.05) is 121 Å². The minimum absolute atomic E-state index is 0.204. The van der Waals surface area contributed by atoms with Gasteiger partial charge in [-0.05, 0) is 60.6 Å². The van der Waals surface area contributed by atoms with Gasteiger partial charge < -0.3 is 15.2 Å². The number of carbonyl (C=O) groups is 1. The summed E-state index contributed by atoms with van der Waals surface area (Å²) in [6.07, 6.45) is 3.57. The molecule has 0 unspecified atom stereocenters. The van der Waals surface area contributed by atoms with Gasteiger partial charge in [0.2, 0.25) is 0 Å². The van der Waals surface area contributed by atoms with Gasteiger partial charge >= 0.3 is 0 Å². The highest BCUT2D eigenvalue weighted by Crippen LogP contribution is 2.42. The third-order valence-electron chi connectivity index (χ3n) is 9.76. The van der Waals surface area contributed by atoms with Crippen LogP contribution in [-0.4, -0.2) is 56.2 Å². The van der Waals surface area contributed by atoms with E-state index in [0.717, 1.165) is 49.9 Å². The number of fused-ring (bicyclic) bond motifs is 2. The fourth-order valence-electron chi connectivity index (χ4n) is 7.31. The molecule has 0 saturated heterocycles. The third-order valence-corrected chi connectivity index (χ3v) is 9.76. The quantitative estimate of drug-likeness (QED) is 0.135. The second kappa shape index (κ2) is 14.1. The van der Waals surface area contributed by atoms with Gasteiger partial charge in [-0.25, -0.2) is 4.98 Å². The van der Waals surface area contributed by atoms with Crippen molar-refractivity contribution in [2.45, 2.75) is 18.0 Å². The maximum absolute atomic E-state index is 13.8. The molecular formula is C44H39N7O. The van der Waals surface area contributed by atoms with E-state index in [4.69, 9.17) is 10.1 Å². The van der Waals surface area contributed by atoms with Crippen LogP contribution in [0.3, 0.4) is 0 Å². The largest absolute Gasteiger partial charge is 0.341 e. The van der Waals surface area contributed by atoms with Crippen molar-refractivity contribution < 1.29 is 4.79 Å². The molecule has 0 spiro atoms. The normalized spacial score (nSPS) is 12.4. The van der Waals surface area contributed by atoms with Crippen molar-refractivity contribution >= 4 is 27.8 Å². The molecule has 8 nitrogen and oxygen atoms in total. The molecule has 0 radical (unpaired) electrons. The van der Waals surface area contributed by atoms with Crippen molar-refractivity contribution in [2.75, 3.05) is 20.6 Å². The number of nitrogens with one attached hydrogen (secondary N) is 2. The number of H-pyrrole nitrogens is 1. The second-order valence-corrected chi connectivity index (χ2v) is 13.4. The van der Waals surface area contributed by atoms with Crippen LogP contribution in [0.1, 0.15) is 38.9 Å². The number of imidazole rings is 1. The van der Waals surface area contributed by atoms with E-state index in [9.17, 15) is 4.79 Å². The number of likely N-dealkylation sites (N-methyl/N-ethyl adjacent to an activating group) is 1. The first-order valence-electron chi connectivity index (χ1n) is 17.5. The van der Waals surface area contributed by atoms with Gasteiger partial charge in [0.15, 0.2) is 5.82 Å². The monoisotopic (exact) mass is 681 g/mol. The second-order valence-electron chi connectivity index (χ2n) is 13.4. The van der Waals surface area contributed by atoms with Crippen molar-refractivity contribution in [2.24, 2.45) is 0 Å². The molecule has 3 aromatic heterocycles. The van der Waals surface area contributed by atoms with E-state index < -0.39 is 5.41 Å². The Hall–Kier alpha value is -6.38. The minimum atomic E-state index is -0.578. The van der Waals surface area contributed by atoms with Crippen molar-refractivity contribution in [3.63, 3.8) is 0 Å². The molecule has 0 fully saturated rings. The first kappa shape index (κ1) is 32.8. The Morgan fingerprint density at radius 2 is 1.33 bits per heavy atom. The van der Waals surface area contributed by atoms with Gasteiger partial charge in [-0.2, -0.15) is 5.10 Å². The summed E-state index contributed by atoms with van der Waals surface area (Å²) in [5, 5.41) is 9.50. The number of hydrogen-bond acceptors (Lipinski definition) is 5. The summed E-state index contributed by atoms with van der Waals surface area (Å²) >= 11 is 0. The molecule has 8 aromatic rings. The Balaban J connectivity index is 1.28. The van der Waals surface area contributed by atoms with E-state index >= 15 is 0 Å². The highest BCUT2D eigenvalue weighted by molar-refractivity contribution is 6.03. The molecule has 0 bridgehead atoms. The van der Waals surface area contributed by atoms with Gasteiger partial charge in [-0.3, -0.25) is 14.5 Å². The summed E-state index contributed by atoms with van der Waals surface area (Å²) in [7, 11) is 4.00. The van der Waals surface area contributed by atoms with Gasteiger partial charge in [0.1, 0.15) is 5.69 Å². The number of hydrogen-bond donors (Lipinski definition) is 2. The summed E-state index contributed by atoms with van der Waals surface area (Å²) in [4.78, 5) is 28.3. The van der Waals surface area contributed by atoms with Crippen molar-refractivity contribution in [1.29, 1.82) is 0 Å². The number of aromatic nitrogens is 5. The molecule has 8 rings (SSSR count). The molecule has 0 aliphatic carbocycles. The minimum Gasteiger partial charge on any atom is -0.341 e. The smallest absolute Gasteiger partial charge is 0.287 e. The molecule has 2 N–H and O–H groups in total. The lowest BCUT2D eigenvalue weighted by Crippen LogP contribution is -2.35. The zero-order valence-corrected chi connectivity index (χ0v) is 29.1. The highest BCUT2D eigenvalue weighted by atomic mass is 16.2. The van der Waals surface area contributed by atoms with Crippen molar-refractivity contribution in [3.8, 4) is 11.3 Å². The van der Waals surface area contributed by atoms with Crippen LogP contribution in [0.5, 0.6) is 0 Å². The Labute approximate surface area is 302 Å². The van der Waals surface area contributed by atoms with Crippen LogP contribution in [0.2, 0.25) is 0 Å². The first-order chi connectivity index (χ1) is 25.5. The zero-order valence-electron chi connectivity index (χ0n) is 29.1.